The van der Waals surface area contributed by atoms with Crippen LogP contribution in [0.25, 0.3) is 11.6 Å². The summed E-state index contributed by atoms with van der Waals surface area (Å²) in [5.41, 5.74) is 1.17. The Morgan fingerprint density at radius 2 is 1.84 bits per heavy atom. The molecule has 0 saturated carbocycles. The van der Waals surface area contributed by atoms with Gasteiger partial charge >= 0.3 is 0 Å². The fourth-order valence-electron chi connectivity index (χ4n) is 1.64. The molecule has 4 heteroatoms. The first-order chi connectivity index (χ1) is 9.10. The lowest BCUT2D eigenvalue weighted by Crippen LogP contribution is -1.88. The third-order valence-electron chi connectivity index (χ3n) is 2.50. The van der Waals surface area contributed by atoms with Crippen molar-refractivity contribution in [1.82, 2.24) is 0 Å². The molecule has 0 aliphatic heterocycles. The topological polar surface area (TPSA) is 23.8 Å². The molecule has 0 spiro atoms. The van der Waals surface area contributed by atoms with Gasteiger partial charge in [-0.15, -0.1) is 0 Å². The maximum absolute atomic E-state index is 13.8. The summed E-state index contributed by atoms with van der Waals surface area (Å²) in [4.78, 5) is 0. The number of hydrogen-bond acceptors (Lipinski definition) is 1. The van der Waals surface area contributed by atoms with Gasteiger partial charge in [0.05, 0.1) is 11.6 Å². The molecule has 0 heterocycles. The second-order valence-corrected chi connectivity index (χ2v) is 4.72. The van der Waals surface area contributed by atoms with E-state index in [1.165, 1.54) is 12.1 Å². The molecule has 1 nitrogen and oxygen atoms in total. The Hall–Kier alpha value is -1.82. The van der Waals surface area contributed by atoms with E-state index in [0.29, 0.717) is 10.0 Å². The van der Waals surface area contributed by atoms with Crippen molar-refractivity contribution in [1.29, 1.82) is 5.26 Å². The third-order valence-corrected chi connectivity index (χ3v) is 2.97. The molecule has 19 heavy (non-hydrogen) atoms. The quantitative estimate of drug-likeness (QED) is 0.551. The summed E-state index contributed by atoms with van der Waals surface area (Å²) in [6, 6.07) is 13.2. The van der Waals surface area contributed by atoms with Gasteiger partial charge in [-0.1, -0.05) is 35.3 Å². The van der Waals surface area contributed by atoms with Gasteiger partial charge in [0.15, 0.2) is 0 Å². The van der Waals surface area contributed by atoms with Gasteiger partial charge in [-0.05, 0) is 42.0 Å². The SMILES string of the molecule is N#C/C(=C\c1cccc(Cl)c1)c1ccc(Cl)cc1F. The average Bonchev–Trinajstić information content (AvgIpc) is 2.37. The minimum absolute atomic E-state index is 0.215. The lowest BCUT2D eigenvalue weighted by molar-refractivity contribution is 0.624. The highest BCUT2D eigenvalue weighted by molar-refractivity contribution is 6.31. The van der Waals surface area contributed by atoms with Crippen LogP contribution in [0.2, 0.25) is 10.0 Å². The Bertz CT molecular complexity index is 687. The van der Waals surface area contributed by atoms with Crippen LogP contribution in [-0.4, -0.2) is 0 Å². The second-order valence-electron chi connectivity index (χ2n) is 3.85. The van der Waals surface area contributed by atoms with Gasteiger partial charge in [0.25, 0.3) is 0 Å². The third kappa shape index (κ3) is 3.35. The molecule has 0 unspecified atom stereocenters. The van der Waals surface area contributed by atoms with E-state index in [2.05, 4.69) is 0 Å². The van der Waals surface area contributed by atoms with E-state index in [9.17, 15) is 4.39 Å². The van der Waals surface area contributed by atoms with Crippen LogP contribution < -0.4 is 0 Å². The summed E-state index contributed by atoms with van der Waals surface area (Å²) < 4.78 is 13.8. The summed E-state index contributed by atoms with van der Waals surface area (Å²) >= 11 is 11.6. The van der Waals surface area contributed by atoms with Crippen molar-refractivity contribution in [2.75, 3.05) is 0 Å². The number of benzene rings is 2. The van der Waals surface area contributed by atoms with Gasteiger partial charge in [0.2, 0.25) is 0 Å². The average molecular weight is 292 g/mol. The summed E-state index contributed by atoms with van der Waals surface area (Å²) in [6.07, 6.45) is 1.58. The molecule has 0 aromatic heterocycles. The van der Waals surface area contributed by atoms with Gasteiger partial charge < -0.3 is 0 Å². The molecule has 0 aliphatic rings. The summed E-state index contributed by atoms with van der Waals surface area (Å²) in [6.45, 7) is 0. The van der Waals surface area contributed by atoms with Crippen molar-refractivity contribution in [3.63, 3.8) is 0 Å². The number of hydrogen-bond donors (Lipinski definition) is 0. The van der Waals surface area contributed by atoms with Crippen molar-refractivity contribution in [3.8, 4) is 6.07 Å². The molecule has 0 amide bonds. The molecule has 0 bridgehead atoms. The first-order valence-corrected chi connectivity index (χ1v) is 6.18. The Morgan fingerprint density at radius 1 is 1.11 bits per heavy atom. The van der Waals surface area contributed by atoms with Crippen molar-refractivity contribution < 1.29 is 4.39 Å². The van der Waals surface area contributed by atoms with E-state index in [0.717, 1.165) is 5.56 Å². The fraction of sp³-hybridized carbons (Fsp3) is 0. The largest absolute Gasteiger partial charge is 0.206 e. The first-order valence-electron chi connectivity index (χ1n) is 5.43. The standard InChI is InChI=1S/C15H8Cl2FN/c16-12-3-1-2-10(7-12)6-11(9-19)14-5-4-13(17)8-15(14)18/h1-8H/b11-6+. The molecule has 0 saturated heterocycles. The number of allylic oxidation sites excluding steroid dienone is 1. The van der Waals surface area contributed by atoms with E-state index in [-0.39, 0.29) is 11.1 Å². The highest BCUT2D eigenvalue weighted by Crippen LogP contribution is 2.24. The molecule has 0 atom stereocenters. The monoisotopic (exact) mass is 291 g/mol. The van der Waals surface area contributed by atoms with Crippen LogP contribution >= 0.6 is 23.2 Å². The van der Waals surface area contributed by atoms with Gasteiger partial charge in [-0.2, -0.15) is 5.26 Å². The Kier molecular flexibility index (Phi) is 4.21. The Labute approximate surface area is 120 Å². The predicted octanol–water partition coefficient (Wildman–Crippen LogP) is 5.20. The van der Waals surface area contributed by atoms with Crippen molar-refractivity contribution in [2.45, 2.75) is 0 Å². The van der Waals surface area contributed by atoms with Crippen LogP contribution in [0.15, 0.2) is 42.5 Å². The Morgan fingerprint density at radius 3 is 2.47 bits per heavy atom. The maximum Gasteiger partial charge on any atom is 0.133 e. The molecule has 0 radical (unpaired) electrons. The zero-order valence-electron chi connectivity index (χ0n) is 9.70. The molecule has 2 rings (SSSR count). The molecule has 2 aromatic rings. The van der Waals surface area contributed by atoms with E-state index >= 15 is 0 Å². The van der Waals surface area contributed by atoms with Crippen LogP contribution in [0.3, 0.4) is 0 Å². The molecule has 0 fully saturated rings. The van der Waals surface area contributed by atoms with Crippen molar-refractivity contribution in [2.24, 2.45) is 0 Å². The lowest BCUT2D eigenvalue weighted by Gasteiger charge is -2.02. The molecule has 0 N–H and O–H groups in total. The van der Waals surface area contributed by atoms with E-state index in [1.54, 1.807) is 36.4 Å². The fourth-order valence-corrected chi connectivity index (χ4v) is 2.00. The first kappa shape index (κ1) is 13.6. The lowest BCUT2D eigenvalue weighted by atomic mass is 10.0. The zero-order chi connectivity index (χ0) is 13.8. The van der Waals surface area contributed by atoms with E-state index < -0.39 is 5.82 Å². The van der Waals surface area contributed by atoms with Crippen molar-refractivity contribution in [3.05, 3.63) is 69.5 Å². The van der Waals surface area contributed by atoms with Crippen LogP contribution in [0, 0.1) is 17.1 Å². The predicted molar refractivity (Wildman–Crippen MR) is 76.3 cm³/mol. The minimum atomic E-state index is -0.526. The smallest absolute Gasteiger partial charge is 0.133 e. The Balaban J connectivity index is 2.48. The molecule has 0 aliphatic carbocycles. The summed E-state index contributed by atoms with van der Waals surface area (Å²) in [5.74, 6) is -0.526. The maximum atomic E-state index is 13.8. The van der Waals surface area contributed by atoms with Crippen LogP contribution in [0.4, 0.5) is 4.39 Å². The second kappa shape index (κ2) is 5.88. The van der Waals surface area contributed by atoms with Gasteiger partial charge in [-0.3, -0.25) is 0 Å². The highest BCUT2D eigenvalue weighted by atomic mass is 35.5. The summed E-state index contributed by atoms with van der Waals surface area (Å²) in [7, 11) is 0. The van der Waals surface area contributed by atoms with Gasteiger partial charge in [0.1, 0.15) is 5.82 Å². The van der Waals surface area contributed by atoms with Crippen LogP contribution in [0.1, 0.15) is 11.1 Å². The molecular formula is C15H8Cl2FN. The molecule has 94 valence electrons. The van der Waals surface area contributed by atoms with Crippen LogP contribution in [0.5, 0.6) is 0 Å². The van der Waals surface area contributed by atoms with Crippen molar-refractivity contribution >= 4 is 34.9 Å². The molecular weight excluding hydrogens is 284 g/mol. The minimum Gasteiger partial charge on any atom is -0.206 e. The summed E-state index contributed by atoms with van der Waals surface area (Å²) in [5, 5.41) is 10.0. The van der Waals surface area contributed by atoms with Gasteiger partial charge in [-0.25, -0.2) is 4.39 Å². The number of nitrogens with zero attached hydrogens (tertiary/aromatic N) is 1. The number of nitriles is 1. The van der Waals surface area contributed by atoms with Gasteiger partial charge in [0, 0.05) is 15.6 Å². The zero-order valence-corrected chi connectivity index (χ0v) is 11.2. The van der Waals surface area contributed by atoms with E-state index in [4.69, 9.17) is 28.5 Å². The number of halogens is 3. The van der Waals surface area contributed by atoms with E-state index in [1.807, 2.05) is 6.07 Å². The van der Waals surface area contributed by atoms with Crippen LogP contribution in [-0.2, 0) is 0 Å². The number of rotatable bonds is 2. The highest BCUT2D eigenvalue weighted by Gasteiger charge is 2.08. The normalized spacial score (nSPS) is 11.2. The molecule has 2 aromatic carbocycles.